The van der Waals surface area contributed by atoms with E-state index in [1.54, 1.807) is 31.8 Å². The van der Waals surface area contributed by atoms with E-state index < -0.39 is 0 Å². The molecule has 1 aromatic carbocycles. The third kappa shape index (κ3) is 2.53. The van der Waals surface area contributed by atoms with E-state index in [0.29, 0.717) is 16.6 Å². The number of hydrogen-bond donors (Lipinski definition) is 2. The van der Waals surface area contributed by atoms with Gasteiger partial charge in [-0.1, -0.05) is 11.6 Å². The van der Waals surface area contributed by atoms with Gasteiger partial charge in [-0.25, -0.2) is 9.97 Å². The Morgan fingerprint density at radius 3 is 2.85 bits per heavy atom. The van der Waals surface area contributed by atoms with Gasteiger partial charge in [0.25, 0.3) is 0 Å². The highest BCUT2D eigenvalue weighted by atomic mass is 35.5. The molecule has 0 radical (unpaired) electrons. The standard InChI is InChI=1S/C20H14ClN5O/c1-27-16-5-4-11(21)9-14(16)20-25-17-12-6-8-22-10-15(12)24-19-13(18(17)26-20)3-2-7-23-19/h2-10H,1H3,(H,23,24)(H,25,26). The number of methoxy groups -OCH3 is 1. The average molecular weight is 376 g/mol. The van der Waals surface area contributed by atoms with E-state index >= 15 is 0 Å². The molecule has 0 amide bonds. The van der Waals surface area contributed by atoms with Crippen LogP contribution in [0.4, 0.5) is 11.5 Å². The van der Waals surface area contributed by atoms with Gasteiger partial charge in [0, 0.05) is 28.5 Å². The second-order valence-electron chi connectivity index (χ2n) is 6.10. The van der Waals surface area contributed by atoms with E-state index in [-0.39, 0.29) is 0 Å². The number of aromatic nitrogens is 4. The molecule has 1 aliphatic heterocycles. The molecule has 27 heavy (non-hydrogen) atoms. The lowest BCUT2D eigenvalue weighted by molar-refractivity contribution is 0.416. The number of rotatable bonds is 2. The van der Waals surface area contributed by atoms with E-state index in [0.717, 1.165) is 39.6 Å². The fourth-order valence-electron chi connectivity index (χ4n) is 3.29. The van der Waals surface area contributed by atoms with Crippen molar-refractivity contribution in [3.05, 3.63) is 60.0 Å². The van der Waals surface area contributed by atoms with Gasteiger partial charge in [0.05, 0.1) is 30.3 Å². The number of hydrogen-bond acceptors (Lipinski definition) is 5. The summed E-state index contributed by atoms with van der Waals surface area (Å²) in [7, 11) is 1.63. The minimum atomic E-state index is 0.616. The largest absolute Gasteiger partial charge is 0.496 e. The highest BCUT2D eigenvalue weighted by molar-refractivity contribution is 6.31. The van der Waals surface area contributed by atoms with Gasteiger partial charge in [0.15, 0.2) is 0 Å². The van der Waals surface area contributed by atoms with Crippen LogP contribution in [0.3, 0.4) is 0 Å². The zero-order valence-corrected chi connectivity index (χ0v) is 15.1. The molecule has 0 spiro atoms. The quantitative estimate of drug-likeness (QED) is 0.458. The maximum atomic E-state index is 6.21. The number of H-pyrrole nitrogens is 1. The summed E-state index contributed by atoms with van der Waals surface area (Å²) in [6.07, 6.45) is 5.29. The lowest BCUT2D eigenvalue weighted by atomic mass is 10.1. The van der Waals surface area contributed by atoms with E-state index in [1.807, 2.05) is 30.3 Å². The first-order chi connectivity index (χ1) is 13.2. The number of fused-ring (bicyclic) bond motifs is 5. The number of benzene rings is 1. The first-order valence-electron chi connectivity index (χ1n) is 8.35. The Labute approximate surface area is 160 Å². The topological polar surface area (TPSA) is 75.7 Å². The van der Waals surface area contributed by atoms with Gasteiger partial charge in [-0.3, -0.25) is 4.98 Å². The molecule has 132 valence electrons. The van der Waals surface area contributed by atoms with Gasteiger partial charge in [-0.2, -0.15) is 0 Å². The molecule has 0 atom stereocenters. The SMILES string of the molecule is COc1ccc(Cl)cc1-c1nc2c([nH]1)-c1ccncc1Nc1ncccc1-2. The molecule has 0 saturated carbocycles. The summed E-state index contributed by atoms with van der Waals surface area (Å²) >= 11 is 6.21. The maximum Gasteiger partial charge on any atom is 0.142 e. The molecule has 6 nitrogen and oxygen atoms in total. The second kappa shape index (κ2) is 6.10. The Bertz CT molecular complexity index is 1110. The van der Waals surface area contributed by atoms with Crippen LogP contribution in [0.5, 0.6) is 5.75 Å². The molecule has 0 unspecified atom stereocenters. The van der Waals surface area contributed by atoms with Crippen LogP contribution < -0.4 is 10.1 Å². The number of imidazole rings is 1. The summed E-state index contributed by atoms with van der Waals surface area (Å²) in [5.41, 5.74) is 5.25. The zero-order chi connectivity index (χ0) is 18.4. The molecule has 0 saturated heterocycles. The number of nitrogens with one attached hydrogen (secondary N) is 2. The monoisotopic (exact) mass is 375 g/mol. The number of anilines is 2. The highest BCUT2D eigenvalue weighted by Crippen LogP contribution is 2.43. The number of nitrogens with zero attached hydrogens (tertiary/aromatic N) is 3. The van der Waals surface area contributed by atoms with Crippen molar-refractivity contribution >= 4 is 23.1 Å². The van der Waals surface area contributed by atoms with Crippen LogP contribution in [0.25, 0.3) is 33.9 Å². The van der Waals surface area contributed by atoms with E-state index in [1.165, 1.54) is 0 Å². The van der Waals surface area contributed by atoms with Crippen LogP contribution in [0.15, 0.2) is 55.0 Å². The molecular weight excluding hydrogens is 362 g/mol. The summed E-state index contributed by atoms with van der Waals surface area (Å²) in [6, 6.07) is 11.3. The summed E-state index contributed by atoms with van der Waals surface area (Å²) in [5.74, 6) is 2.11. The maximum absolute atomic E-state index is 6.21. The molecule has 4 heterocycles. The zero-order valence-electron chi connectivity index (χ0n) is 14.3. The van der Waals surface area contributed by atoms with Gasteiger partial charge in [0.1, 0.15) is 23.1 Å². The molecule has 3 aromatic heterocycles. The van der Waals surface area contributed by atoms with Crippen molar-refractivity contribution in [2.45, 2.75) is 0 Å². The molecule has 1 aliphatic rings. The van der Waals surface area contributed by atoms with Crippen LogP contribution in [-0.2, 0) is 0 Å². The summed E-state index contributed by atoms with van der Waals surface area (Å²) in [5, 5.41) is 3.96. The van der Waals surface area contributed by atoms with Crippen LogP contribution >= 0.6 is 11.6 Å². The first-order valence-corrected chi connectivity index (χ1v) is 8.73. The van der Waals surface area contributed by atoms with Gasteiger partial charge >= 0.3 is 0 Å². The van der Waals surface area contributed by atoms with Gasteiger partial charge in [-0.05, 0) is 36.4 Å². The second-order valence-corrected chi connectivity index (χ2v) is 6.54. The summed E-state index contributed by atoms with van der Waals surface area (Å²) in [6.45, 7) is 0. The molecule has 5 rings (SSSR count). The van der Waals surface area contributed by atoms with Crippen molar-refractivity contribution in [1.82, 2.24) is 19.9 Å². The Morgan fingerprint density at radius 1 is 1.04 bits per heavy atom. The Balaban J connectivity index is 1.80. The number of halogens is 1. The predicted molar refractivity (Wildman–Crippen MR) is 105 cm³/mol. The molecule has 7 heteroatoms. The molecule has 0 bridgehead atoms. The fourth-order valence-corrected chi connectivity index (χ4v) is 3.46. The first kappa shape index (κ1) is 15.8. The van der Waals surface area contributed by atoms with Crippen molar-refractivity contribution in [3.63, 3.8) is 0 Å². The number of aromatic amines is 1. The van der Waals surface area contributed by atoms with Gasteiger partial charge in [0.2, 0.25) is 0 Å². The van der Waals surface area contributed by atoms with Crippen molar-refractivity contribution in [2.75, 3.05) is 12.4 Å². The van der Waals surface area contributed by atoms with Crippen LogP contribution in [-0.4, -0.2) is 27.0 Å². The van der Waals surface area contributed by atoms with Gasteiger partial charge < -0.3 is 15.0 Å². The van der Waals surface area contributed by atoms with Crippen LogP contribution in [0.1, 0.15) is 0 Å². The average Bonchev–Trinajstić information content (AvgIpc) is 3.08. The molecule has 0 fully saturated rings. The molecule has 2 N–H and O–H groups in total. The van der Waals surface area contributed by atoms with Crippen LogP contribution in [0, 0.1) is 0 Å². The fraction of sp³-hybridized carbons (Fsp3) is 0.0500. The third-order valence-corrected chi connectivity index (χ3v) is 4.76. The minimum Gasteiger partial charge on any atom is -0.496 e. The third-order valence-electron chi connectivity index (χ3n) is 4.53. The Morgan fingerprint density at radius 2 is 1.96 bits per heavy atom. The van der Waals surface area contributed by atoms with Crippen molar-refractivity contribution < 1.29 is 4.74 Å². The predicted octanol–water partition coefficient (Wildman–Crippen LogP) is 4.92. The van der Waals surface area contributed by atoms with E-state index in [2.05, 4.69) is 20.3 Å². The van der Waals surface area contributed by atoms with Crippen LogP contribution in [0.2, 0.25) is 5.02 Å². The summed E-state index contributed by atoms with van der Waals surface area (Å²) in [4.78, 5) is 17.0. The molecule has 0 aliphatic carbocycles. The van der Waals surface area contributed by atoms with E-state index in [4.69, 9.17) is 21.3 Å². The lowest BCUT2D eigenvalue weighted by Crippen LogP contribution is -1.96. The Hall–Kier alpha value is -3.38. The molecular formula is C20H14ClN5O. The number of pyridine rings is 2. The number of ether oxygens (including phenoxy) is 1. The molecule has 4 aromatic rings. The smallest absolute Gasteiger partial charge is 0.142 e. The summed E-state index contributed by atoms with van der Waals surface area (Å²) < 4.78 is 5.50. The minimum absolute atomic E-state index is 0.616. The van der Waals surface area contributed by atoms with Crippen molar-refractivity contribution in [1.29, 1.82) is 0 Å². The lowest BCUT2D eigenvalue weighted by Gasteiger charge is -2.09. The Kier molecular flexibility index (Phi) is 3.58. The normalized spacial score (nSPS) is 11.6. The van der Waals surface area contributed by atoms with E-state index in [9.17, 15) is 0 Å². The van der Waals surface area contributed by atoms with Gasteiger partial charge in [-0.15, -0.1) is 0 Å². The van der Waals surface area contributed by atoms with Crippen molar-refractivity contribution in [2.24, 2.45) is 0 Å². The highest BCUT2D eigenvalue weighted by Gasteiger charge is 2.24. The van der Waals surface area contributed by atoms with Crippen molar-refractivity contribution in [3.8, 4) is 39.7 Å².